The summed E-state index contributed by atoms with van der Waals surface area (Å²) in [5.74, 6) is -0.260. The van der Waals surface area contributed by atoms with E-state index in [1.807, 2.05) is 43.3 Å². The van der Waals surface area contributed by atoms with E-state index in [9.17, 15) is 9.90 Å². The molecule has 1 fully saturated rings. The van der Waals surface area contributed by atoms with Gasteiger partial charge in [-0.2, -0.15) is 0 Å². The molecule has 0 saturated heterocycles. The topological polar surface area (TPSA) is 63.5 Å². The summed E-state index contributed by atoms with van der Waals surface area (Å²) in [5.41, 5.74) is 3.20. The van der Waals surface area contributed by atoms with Gasteiger partial charge in [0.15, 0.2) is 0 Å². The number of nitrogens with zero attached hydrogens (tertiary/aromatic N) is 1. The molecular weight excluding hydrogens is 444 g/mol. The third-order valence-corrected chi connectivity index (χ3v) is 6.43. The van der Waals surface area contributed by atoms with Crippen LogP contribution in [-0.2, 0) is 11.3 Å². The monoisotopic (exact) mass is 470 g/mol. The Hall–Kier alpha value is -2.31. The highest BCUT2D eigenvalue weighted by Crippen LogP contribution is 2.37. The molecule has 0 spiro atoms. The van der Waals surface area contributed by atoms with Crippen LogP contribution in [0.4, 0.5) is 0 Å². The lowest BCUT2D eigenvalue weighted by Gasteiger charge is -2.23. The molecule has 0 bridgehead atoms. The first kappa shape index (κ1) is 20.9. The Morgan fingerprint density at radius 1 is 1.20 bits per heavy atom. The van der Waals surface area contributed by atoms with Crippen molar-refractivity contribution in [3.05, 3.63) is 58.2 Å². The average Bonchev–Trinajstić information content (AvgIpc) is 3.07. The van der Waals surface area contributed by atoms with Crippen LogP contribution in [0.15, 0.2) is 46.9 Å². The van der Waals surface area contributed by atoms with E-state index < -0.39 is 0 Å². The van der Waals surface area contributed by atoms with Gasteiger partial charge in [0, 0.05) is 23.7 Å². The molecule has 0 atom stereocenters. The largest absolute Gasteiger partial charge is 0.507 e. The van der Waals surface area contributed by atoms with Crippen molar-refractivity contribution < 1.29 is 14.6 Å². The van der Waals surface area contributed by atoms with Gasteiger partial charge in [-0.05, 0) is 60.0 Å². The van der Waals surface area contributed by atoms with Gasteiger partial charge in [-0.25, -0.2) is 4.79 Å². The van der Waals surface area contributed by atoms with Gasteiger partial charge in [-0.3, -0.25) is 0 Å². The van der Waals surface area contributed by atoms with Crippen LogP contribution in [-0.4, -0.2) is 28.3 Å². The van der Waals surface area contributed by atoms with Crippen molar-refractivity contribution in [1.82, 2.24) is 9.88 Å². The van der Waals surface area contributed by atoms with E-state index >= 15 is 0 Å². The number of fused-ring (bicyclic) bond motifs is 1. The number of hydrogen-bond acceptors (Lipinski definition) is 4. The number of aromatic hydroxyl groups is 1. The summed E-state index contributed by atoms with van der Waals surface area (Å²) < 4.78 is 8.10. The van der Waals surface area contributed by atoms with E-state index in [-0.39, 0.29) is 11.7 Å². The number of hydrogen-bond donors (Lipinski definition) is 2. The second-order valence-corrected chi connectivity index (χ2v) is 8.60. The molecule has 1 heterocycles. The van der Waals surface area contributed by atoms with Crippen LogP contribution in [0.3, 0.4) is 0 Å². The van der Waals surface area contributed by atoms with Gasteiger partial charge in [0.1, 0.15) is 5.75 Å². The number of benzene rings is 2. The quantitative estimate of drug-likeness (QED) is 0.453. The van der Waals surface area contributed by atoms with Gasteiger partial charge >= 0.3 is 5.97 Å². The number of carbonyl (C=O) groups excluding carboxylic acids is 1. The van der Waals surface area contributed by atoms with E-state index in [1.165, 1.54) is 19.3 Å². The van der Waals surface area contributed by atoms with Crippen molar-refractivity contribution in [3.8, 4) is 11.4 Å². The molecule has 0 aliphatic heterocycles. The summed E-state index contributed by atoms with van der Waals surface area (Å²) in [6, 6.07) is 14.0. The predicted molar refractivity (Wildman–Crippen MR) is 122 cm³/mol. The number of halogens is 1. The molecule has 1 aromatic heterocycles. The SMILES string of the molecule is CCOC(=O)c1c(CNC2CCCCC2)n(-c2ccccc2)c2cc(Br)c(O)cc12. The third kappa shape index (κ3) is 4.12. The molecule has 1 aliphatic rings. The Morgan fingerprint density at radius 3 is 2.63 bits per heavy atom. The molecule has 158 valence electrons. The Morgan fingerprint density at radius 2 is 1.93 bits per heavy atom. The molecule has 3 aromatic rings. The van der Waals surface area contributed by atoms with Crippen molar-refractivity contribution in [3.63, 3.8) is 0 Å². The number of ether oxygens (including phenoxy) is 1. The van der Waals surface area contributed by atoms with E-state index in [0.29, 0.717) is 34.6 Å². The van der Waals surface area contributed by atoms with Gasteiger partial charge in [0.05, 0.1) is 27.9 Å². The average molecular weight is 471 g/mol. The molecule has 4 rings (SSSR count). The van der Waals surface area contributed by atoms with Crippen molar-refractivity contribution in [1.29, 1.82) is 0 Å². The Bertz CT molecular complexity index is 1040. The second-order valence-electron chi connectivity index (χ2n) is 7.75. The Balaban J connectivity index is 1.90. The molecule has 30 heavy (non-hydrogen) atoms. The number of rotatable bonds is 6. The summed E-state index contributed by atoms with van der Waals surface area (Å²) in [7, 11) is 0. The van der Waals surface area contributed by atoms with Gasteiger partial charge < -0.3 is 19.7 Å². The fourth-order valence-electron chi connectivity index (χ4n) is 4.37. The van der Waals surface area contributed by atoms with Crippen LogP contribution in [0, 0.1) is 0 Å². The van der Waals surface area contributed by atoms with E-state index in [0.717, 1.165) is 29.7 Å². The van der Waals surface area contributed by atoms with Gasteiger partial charge in [0.25, 0.3) is 0 Å². The minimum absolute atomic E-state index is 0.102. The second kappa shape index (κ2) is 9.23. The van der Waals surface area contributed by atoms with Crippen LogP contribution in [0.1, 0.15) is 55.1 Å². The van der Waals surface area contributed by atoms with Gasteiger partial charge in [0.2, 0.25) is 0 Å². The Labute approximate surface area is 185 Å². The molecule has 1 saturated carbocycles. The lowest BCUT2D eigenvalue weighted by Crippen LogP contribution is -2.31. The molecule has 1 aliphatic carbocycles. The molecule has 2 aromatic carbocycles. The number of nitrogens with one attached hydrogen (secondary N) is 1. The first-order valence-corrected chi connectivity index (χ1v) is 11.4. The smallest absolute Gasteiger partial charge is 0.340 e. The van der Waals surface area contributed by atoms with E-state index in [4.69, 9.17) is 4.74 Å². The van der Waals surface area contributed by atoms with Crippen molar-refractivity contribution in [2.75, 3.05) is 6.61 Å². The van der Waals surface area contributed by atoms with Gasteiger partial charge in [-0.15, -0.1) is 0 Å². The van der Waals surface area contributed by atoms with Crippen molar-refractivity contribution in [2.45, 2.75) is 51.6 Å². The first-order chi connectivity index (χ1) is 14.6. The number of phenolic OH excluding ortho intramolecular Hbond substituents is 1. The molecule has 0 amide bonds. The normalized spacial score (nSPS) is 14.9. The summed E-state index contributed by atoms with van der Waals surface area (Å²) >= 11 is 3.43. The highest BCUT2D eigenvalue weighted by Gasteiger charge is 2.26. The zero-order chi connectivity index (χ0) is 21.1. The molecule has 0 radical (unpaired) electrons. The minimum Gasteiger partial charge on any atom is -0.507 e. The molecule has 5 nitrogen and oxygen atoms in total. The maximum Gasteiger partial charge on any atom is 0.340 e. The number of carbonyl (C=O) groups is 1. The first-order valence-electron chi connectivity index (χ1n) is 10.6. The standard InChI is InChI=1S/C24H27BrN2O3/c1-2-30-24(29)23-18-13-22(28)19(25)14-20(18)27(17-11-7-4-8-12-17)21(23)15-26-16-9-5-3-6-10-16/h4,7-8,11-14,16,26,28H,2-3,5-6,9-10,15H2,1H3. The van der Waals surface area contributed by atoms with Crippen LogP contribution in [0.25, 0.3) is 16.6 Å². The number of phenols is 1. The third-order valence-electron chi connectivity index (χ3n) is 5.79. The fourth-order valence-corrected chi connectivity index (χ4v) is 4.70. The fraction of sp³-hybridized carbons (Fsp3) is 0.375. The lowest BCUT2D eigenvalue weighted by atomic mass is 9.95. The Kier molecular flexibility index (Phi) is 6.44. The predicted octanol–water partition coefficient (Wildman–Crippen LogP) is 5.70. The summed E-state index contributed by atoms with van der Waals surface area (Å²) in [6.07, 6.45) is 6.10. The number of aromatic nitrogens is 1. The highest BCUT2D eigenvalue weighted by atomic mass is 79.9. The maximum absolute atomic E-state index is 13.0. The zero-order valence-electron chi connectivity index (χ0n) is 17.2. The summed E-state index contributed by atoms with van der Waals surface area (Å²) in [4.78, 5) is 13.0. The summed E-state index contributed by atoms with van der Waals surface area (Å²) in [5, 5.41) is 14.7. The van der Waals surface area contributed by atoms with Crippen molar-refractivity contribution in [2.24, 2.45) is 0 Å². The lowest BCUT2D eigenvalue weighted by molar-refractivity contribution is 0.0527. The highest BCUT2D eigenvalue weighted by molar-refractivity contribution is 9.10. The van der Waals surface area contributed by atoms with Crippen LogP contribution >= 0.6 is 15.9 Å². The summed E-state index contributed by atoms with van der Waals surface area (Å²) in [6.45, 7) is 2.66. The number of esters is 1. The van der Waals surface area contributed by atoms with E-state index in [1.54, 1.807) is 6.07 Å². The van der Waals surface area contributed by atoms with Crippen molar-refractivity contribution >= 4 is 32.8 Å². The molecule has 0 unspecified atom stereocenters. The molecule has 2 N–H and O–H groups in total. The van der Waals surface area contributed by atoms with E-state index in [2.05, 4.69) is 25.8 Å². The van der Waals surface area contributed by atoms with Gasteiger partial charge in [-0.1, -0.05) is 37.5 Å². The molecule has 6 heteroatoms. The maximum atomic E-state index is 13.0. The van der Waals surface area contributed by atoms with Crippen LogP contribution in [0.2, 0.25) is 0 Å². The minimum atomic E-state index is -0.362. The van der Waals surface area contributed by atoms with Crippen LogP contribution in [0.5, 0.6) is 5.75 Å². The van der Waals surface area contributed by atoms with Crippen LogP contribution < -0.4 is 5.32 Å². The number of para-hydroxylation sites is 1. The molecular formula is C24H27BrN2O3. The zero-order valence-corrected chi connectivity index (χ0v) is 18.7.